The normalized spacial score (nSPS) is 23.2. The Labute approximate surface area is 201 Å². The SMILES string of the molecule is O=C(O[C@@H]1C=C[C@@H](OC(=O)c2ccccc2)[C@](O)(OC(=O)c2ccccc2)[C@H]1O)c1ccccc1. The second-order valence-corrected chi connectivity index (χ2v) is 7.77. The molecule has 0 saturated heterocycles. The largest absolute Gasteiger partial charge is 0.451 e. The van der Waals surface area contributed by atoms with Gasteiger partial charge in [0.05, 0.1) is 16.7 Å². The van der Waals surface area contributed by atoms with Gasteiger partial charge in [-0.05, 0) is 48.6 Å². The van der Waals surface area contributed by atoms with Gasteiger partial charge in [-0.1, -0.05) is 54.6 Å². The molecule has 4 atom stereocenters. The molecule has 0 saturated carbocycles. The number of benzene rings is 3. The number of aliphatic hydroxyl groups is 2. The van der Waals surface area contributed by atoms with Crippen LogP contribution in [-0.4, -0.2) is 52.2 Å². The molecular weight excluding hydrogens is 452 g/mol. The Morgan fingerprint density at radius 3 is 1.54 bits per heavy atom. The predicted octanol–water partition coefficient (Wildman–Crippen LogP) is 2.91. The number of ether oxygens (including phenoxy) is 3. The van der Waals surface area contributed by atoms with Crippen LogP contribution in [0.25, 0.3) is 0 Å². The summed E-state index contributed by atoms with van der Waals surface area (Å²) in [6.07, 6.45) is -2.50. The number of esters is 3. The van der Waals surface area contributed by atoms with Crippen molar-refractivity contribution in [1.29, 1.82) is 0 Å². The fraction of sp³-hybridized carbons (Fsp3) is 0.148. The lowest BCUT2D eigenvalue weighted by atomic mass is 9.91. The minimum absolute atomic E-state index is 0.0913. The first kappa shape index (κ1) is 23.9. The summed E-state index contributed by atoms with van der Waals surface area (Å²) >= 11 is 0. The Morgan fingerprint density at radius 1 is 0.629 bits per heavy atom. The lowest BCUT2D eigenvalue weighted by Gasteiger charge is -2.41. The van der Waals surface area contributed by atoms with Gasteiger partial charge >= 0.3 is 17.9 Å². The molecule has 178 valence electrons. The van der Waals surface area contributed by atoms with E-state index in [2.05, 4.69) is 0 Å². The highest BCUT2D eigenvalue weighted by molar-refractivity contribution is 5.91. The van der Waals surface area contributed by atoms with Gasteiger partial charge in [-0.2, -0.15) is 0 Å². The molecule has 0 radical (unpaired) electrons. The number of hydrogen-bond donors (Lipinski definition) is 2. The van der Waals surface area contributed by atoms with Crippen molar-refractivity contribution in [1.82, 2.24) is 0 Å². The van der Waals surface area contributed by atoms with Crippen LogP contribution in [0.3, 0.4) is 0 Å². The molecular formula is C27H22O8. The second kappa shape index (κ2) is 10.3. The molecule has 0 unspecified atom stereocenters. The molecule has 35 heavy (non-hydrogen) atoms. The van der Waals surface area contributed by atoms with Crippen molar-refractivity contribution in [2.75, 3.05) is 0 Å². The molecule has 0 fully saturated rings. The molecule has 0 amide bonds. The van der Waals surface area contributed by atoms with Crippen LogP contribution in [-0.2, 0) is 14.2 Å². The minimum atomic E-state index is -2.76. The van der Waals surface area contributed by atoms with Gasteiger partial charge in [0.1, 0.15) is 0 Å². The van der Waals surface area contributed by atoms with Gasteiger partial charge in [-0.15, -0.1) is 0 Å². The third-order valence-electron chi connectivity index (χ3n) is 5.38. The number of aliphatic hydroxyl groups excluding tert-OH is 1. The van der Waals surface area contributed by atoms with E-state index >= 15 is 0 Å². The van der Waals surface area contributed by atoms with E-state index in [1.54, 1.807) is 54.6 Å². The maximum atomic E-state index is 12.7. The first-order valence-electron chi connectivity index (χ1n) is 10.8. The Morgan fingerprint density at radius 2 is 1.06 bits per heavy atom. The molecule has 1 aliphatic carbocycles. The van der Waals surface area contributed by atoms with Crippen molar-refractivity contribution in [2.45, 2.75) is 24.1 Å². The molecule has 8 heteroatoms. The van der Waals surface area contributed by atoms with E-state index in [1.165, 1.54) is 48.6 Å². The third kappa shape index (κ3) is 5.29. The van der Waals surface area contributed by atoms with Crippen LogP contribution in [0.1, 0.15) is 31.1 Å². The lowest BCUT2D eigenvalue weighted by Crippen LogP contribution is -2.62. The topological polar surface area (TPSA) is 119 Å². The summed E-state index contributed by atoms with van der Waals surface area (Å²) in [6.45, 7) is 0. The standard InChI is InChI=1S/C27H22O8/c28-23-21(33-24(29)18-10-4-1-5-11-18)16-17-22(34-25(30)19-12-6-2-7-13-19)27(23,32)35-26(31)20-14-8-3-9-15-20/h1-17,21-23,28,32H/t21-,22-,23+,27+/m1/s1. The monoisotopic (exact) mass is 474 g/mol. The van der Waals surface area contributed by atoms with Crippen molar-refractivity contribution in [3.8, 4) is 0 Å². The molecule has 0 aliphatic heterocycles. The van der Waals surface area contributed by atoms with Crippen LogP contribution in [0.2, 0.25) is 0 Å². The van der Waals surface area contributed by atoms with Gasteiger partial charge in [0, 0.05) is 0 Å². The smallest absolute Gasteiger partial charge is 0.340 e. The number of carbonyl (C=O) groups excluding carboxylic acids is 3. The van der Waals surface area contributed by atoms with E-state index in [4.69, 9.17) is 14.2 Å². The first-order valence-corrected chi connectivity index (χ1v) is 10.8. The number of hydrogen-bond acceptors (Lipinski definition) is 8. The minimum Gasteiger partial charge on any atom is -0.451 e. The zero-order chi connectivity index (χ0) is 24.8. The van der Waals surface area contributed by atoms with Gasteiger partial charge in [-0.3, -0.25) is 0 Å². The molecule has 0 bridgehead atoms. The molecule has 0 heterocycles. The number of carbonyl (C=O) groups is 3. The summed E-state index contributed by atoms with van der Waals surface area (Å²) in [5, 5.41) is 22.4. The van der Waals surface area contributed by atoms with Crippen LogP contribution in [0.15, 0.2) is 103 Å². The van der Waals surface area contributed by atoms with Crippen LogP contribution < -0.4 is 0 Å². The van der Waals surface area contributed by atoms with Crippen LogP contribution >= 0.6 is 0 Å². The molecule has 0 spiro atoms. The Bertz CT molecular complexity index is 1210. The van der Waals surface area contributed by atoms with E-state index in [1.807, 2.05) is 0 Å². The Balaban J connectivity index is 1.61. The van der Waals surface area contributed by atoms with Crippen LogP contribution in [0, 0.1) is 0 Å². The molecule has 3 aromatic rings. The maximum Gasteiger partial charge on any atom is 0.340 e. The van der Waals surface area contributed by atoms with Crippen molar-refractivity contribution in [2.24, 2.45) is 0 Å². The van der Waals surface area contributed by atoms with E-state index in [0.717, 1.165) is 0 Å². The van der Waals surface area contributed by atoms with E-state index < -0.39 is 42.0 Å². The van der Waals surface area contributed by atoms with E-state index in [9.17, 15) is 24.6 Å². The summed E-state index contributed by atoms with van der Waals surface area (Å²) in [6, 6.07) is 23.8. The van der Waals surface area contributed by atoms with Crippen LogP contribution in [0.4, 0.5) is 0 Å². The molecule has 2 N–H and O–H groups in total. The average molecular weight is 474 g/mol. The Kier molecular flexibility index (Phi) is 7.05. The highest BCUT2D eigenvalue weighted by Crippen LogP contribution is 2.32. The van der Waals surface area contributed by atoms with Crippen LogP contribution in [0.5, 0.6) is 0 Å². The van der Waals surface area contributed by atoms with Gasteiger partial charge in [0.15, 0.2) is 18.3 Å². The molecule has 1 aliphatic rings. The van der Waals surface area contributed by atoms with Crippen molar-refractivity contribution >= 4 is 17.9 Å². The van der Waals surface area contributed by atoms with Crippen molar-refractivity contribution in [3.05, 3.63) is 120 Å². The van der Waals surface area contributed by atoms with Gasteiger partial charge in [-0.25, -0.2) is 14.4 Å². The van der Waals surface area contributed by atoms with Gasteiger partial charge in [0.25, 0.3) is 5.79 Å². The zero-order valence-corrected chi connectivity index (χ0v) is 18.4. The molecule has 3 aromatic carbocycles. The highest BCUT2D eigenvalue weighted by atomic mass is 16.7. The number of rotatable bonds is 6. The fourth-order valence-corrected chi connectivity index (χ4v) is 3.51. The lowest BCUT2D eigenvalue weighted by molar-refractivity contribution is -0.278. The summed E-state index contributed by atoms with van der Waals surface area (Å²) in [5.74, 6) is -5.32. The molecule has 0 aromatic heterocycles. The summed E-state index contributed by atoms with van der Waals surface area (Å²) in [5.41, 5.74) is 0.494. The summed E-state index contributed by atoms with van der Waals surface area (Å²) in [4.78, 5) is 37.9. The zero-order valence-electron chi connectivity index (χ0n) is 18.4. The van der Waals surface area contributed by atoms with Crippen molar-refractivity contribution < 1.29 is 38.8 Å². The van der Waals surface area contributed by atoms with Crippen molar-refractivity contribution in [3.63, 3.8) is 0 Å². The summed E-state index contributed by atoms with van der Waals surface area (Å²) in [7, 11) is 0. The summed E-state index contributed by atoms with van der Waals surface area (Å²) < 4.78 is 16.0. The highest BCUT2D eigenvalue weighted by Gasteiger charge is 2.55. The van der Waals surface area contributed by atoms with E-state index in [0.29, 0.717) is 0 Å². The maximum absolute atomic E-state index is 12.7. The first-order chi connectivity index (χ1) is 16.9. The molecule has 4 rings (SSSR count). The van der Waals surface area contributed by atoms with Gasteiger partial charge < -0.3 is 24.4 Å². The average Bonchev–Trinajstić information content (AvgIpc) is 2.90. The molecule has 8 nitrogen and oxygen atoms in total. The Hall–Kier alpha value is -4.27. The second-order valence-electron chi connectivity index (χ2n) is 7.77. The third-order valence-corrected chi connectivity index (χ3v) is 5.38. The quantitative estimate of drug-likeness (QED) is 0.242. The van der Waals surface area contributed by atoms with Gasteiger partial charge in [0.2, 0.25) is 0 Å². The van der Waals surface area contributed by atoms with E-state index in [-0.39, 0.29) is 16.7 Å². The predicted molar refractivity (Wildman–Crippen MR) is 123 cm³/mol. The fourth-order valence-electron chi connectivity index (χ4n) is 3.51.